The monoisotopic (exact) mass is 624 g/mol. The topological polar surface area (TPSA) is 101 Å². The number of aldehydes is 1. The molecule has 3 aromatic carbocycles. The molecule has 10 heteroatoms. The third kappa shape index (κ3) is 6.23. The number of nitrogens with zero attached hydrogens (tertiary/aromatic N) is 3. The van der Waals surface area contributed by atoms with E-state index in [4.69, 9.17) is 0 Å². The van der Waals surface area contributed by atoms with E-state index in [2.05, 4.69) is 10.4 Å². The zero-order chi connectivity index (χ0) is 31.9. The maximum atomic E-state index is 13.7. The number of pyridine rings is 1. The zero-order valence-electron chi connectivity index (χ0n) is 25.2. The quantitative estimate of drug-likeness (QED) is 0.180. The predicted molar refractivity (Wildman–Crippen MR) is 173 cm³/mol. The van der Waals surface area contributed by atoms with Crippen molar-refractivity contribution in [1.29, 1.82) is 0 Å². The fourth-order valence-corrected chi connectivity index (χ4v) is 6.51. The van der Waals surface area contributed by atoms with Crippen LogP contribution in [0.25, 0.3) is 27.9 Å². The summed E-state index contributed by atoms with van der Waals surface area (Å²) in [6, 6.07) is 24.1. The maximum absolute atomic E-state index is 13.7. The van der Waals surface area contributed by atoms with Gasteiger partial charge < -0.3 is 5.32 Å². The molecule has 8 nitrogen and oxygen atoms in total. The molecule has 6 rings (SSSR count). The number of anilines is 1. The first-order valence-electron chi connectivity index (χ1n) is 14.7. The highest BCUT2D eigenvalue weighted by Crippen LogP contribution is 2.39. The molecule has 5 aromatic rings. The lowest BCUT2D eigenvalue weighted by molar-refractivity contribution is 0.0911. The summed E-state index contributed by atoms with van der Waals surface area (Å²) in [4.78, 5) is 26.0. The fraction of sp³-hybridized carbons (Fsp3) is 0.229. The predicted octanol–water partition coefficient (Wildman–Crippen LogP) is 6.46. The van der Waals surface area contributed by atoms with E-state index >= 15 is 0 Å². The van der Waals surface area contributed by atoms with Crippen LogP contribution in [-0.2, 0) is 15.6 Å². The molecule has 2 heterocycles. The highest BCUT2D eigenvalue weighted by atomic mass is 32.2. The molecule has 1 aliphatic rings. The zero-order valence-corrected chi connectivity index (χ0v) is 26.0. The van der Waals surface area contributed by atoms with Crippen LogP contribution in [0.2, 0.25) is 0 Å². The van der Waals surface area contributed by atoms with Gasteiger partial charge in [-0.3, -0.25) is 13.9 Å². The van der Waals surface area contributed by atoms with E-state index in [1.54, 1.807) is 42.6 Å². The molecular weight excluding hydrogens is 591 g/mol. The van der Waals surface area contributed by atoms with Gasteiger partial charge in [-0.25, -0.2) is 17.3 Å². The van der Waals surface area contributed by atoms with E-state index in [0.29, 0.717) is 52.0 Å². The molecular formula is C35H33FN4O4S. The van der Waals surface area contributed by atoms with Gasteiger partial charge in [0.25, 0.3) is 5.91 Å². The Morgan fingerprint density at radius 2 is 1.73 bits per heavy atom. The lowest BCUT2D eigenvalue weighted by Crippen LogP contribution is -2.40. The second kappa shape index (κ2) is 11.6. The standard InChI is InChI=1S/C35H33FN4O4S/c1-35(2,27-10-5-4-6-11-27)37-34(42)26-9-7-8-25(18-26)29-19-31-30(22-41)33(24-14-16-28(36)17-15-24)38-39(31)21-32(29)40(45(3,43)44)20-23-12-13-23/h4-11,14-19,21-23H,12-13,20H2,1-3H3,(H,37,42). The Hall–Kier alpha value is -4.83. The first-order chi connectivity index (χ1) is 21.4. The van der Waals surface area contributed by atoms with Gasteiger partial charge in [0.05, 0.1) is 34.8 Å². The lowest BCUT2D eigenvalue weighted by atomic mass is 9.93. The van der Waals surface area contributed by atoms with Crippen LogP contribution in [0.4, 0.5) is 10.1 Å². The molecule has 0 saturated heterocycles. The Balaban J connectivity index is 1.50. The number of hydrogen-bond donors (Lipinski definition) is 1. The smallest absolute Gasteiger partial charge is 0.251 e. The van der Waals surface area contributed by atoms with E-state index in [1.165, 1.54) is 27.2 Å². The molecule has 1 saturated carbocycles. The van der Waals surface area contributed by atoms with Crippen LogP contribution in [0.15, 0.2) is 91.1 Å². The van der Waals surface area contributed by atoms with Crippen LogP contribution in [0, 0.1) is 11.7 Å². The normalized spacial score (nSPS) is 13.5. The van der Waals surface area contributed by atoms with Crippen molar-refractivity contribution in [3.63, 3.8) is 0 Å². The molecule has 45 heavy (non-hydrogen) atoms. The largest absolute Gasteiger partial charge is 0.343 e. The van der Waals surface area contributed by atoms with E-state index in [-0.39, 0.29) is 17.4 Å². The molecule has 0 unspecified atom stereocenters. The Morgan fingerprint density at radius 1 is 1.02 bits per heavy atom. The summed E-state index contributed by atoms with van der Waals surface area (Å²) in [5.74, 6) is -0.471. The van der Waals surface area contributed by atoms with Crippen molar-refractivity contribution < 1.29 is 22.4 Å². The molecule has 230 valence electrons. The average molecular weight is 625 g/mol. The Morgan fingerprint density at radius 3 is 2.38 bits per heavy atom. The van der Waals surface area contributed by atoms with Crippen molar-refractivity contribution in [1.82, 2.24) is 14.9 Å². The van der Waals surface area contributed by atoms with E-state index in [1.807, 2.05) is 50.2 Å². The Kier molecular flexibility index (Phi) is 7.78. The molecule has 1 amide bonds. The Bertz CT molecular complexity index is 2020. The highest BCUT2D eigenvalue weighted by molar-refractivity contribution is 7.92. The minimum atomic E-state index is -3.72. The molecule has 0 spiro atoms. The number of rotatable bonds is 10. The SMILES string of the molecule is CC(C)(NC(=O)c1cccc(-c2cc3c(C=O)c(-c4ccc(F)cc4)nn3cc2N(CC2CC2)S(C)(=O)=O)c1)c1ccccc1. The number of halogens is 1. The summed E-state index contributed by atoms with van der Waals surface area (Å²) in [6.45, 7) is 4.16. The van der Waals surface area contributed by atoms with Gasteiger partial charge in [-0.1, -0.05) is 42.5 Å². The van der Waals surface area contributed by atoms with Crippen molar-refractivity contribution >= 4 is 33.4 Å². The van der Waals surface area contributed by atoms with Crippen molar-refractivity contribution in [2.75, 3.05) is 17.1 Å². The van der Waals surface area contributed by atoms with E-state index in [9.17, 15) is 22.4 Å². The van der Waals surface area contributed by atoms with Crippen LogP contribution in [0.3, 0.4) is 0 Å². The summed E-state index contributed by atoms with van der Waals surface area (Å²) in [5, 5.41) is 7.73. The molecule has 0 bridgehead atoms. The number of carbonyl (C=O) groups is 2. The minimum absolute atomic E-state index is 0.235. The van der Waals surface area contributed by atoms with Crippen LogP contribution in [-0.4, -0.2) is 43.0 Å². The molecule has 0 aliphatic heterocycles. The summed E-state index contributed by atoms with van der Waals surface area (Å²) < 4.78 is 43.0. The third-order valence-electron chi connectivity index (χ3n) is 8.17. The first kappa shape index (κ1) is 30.2. The van der Waals surface area contributed by atoms with Crippen LogP contribution >= 0.6 is 0 Å². The van der Waals surface area contributed by atoms with Gasteiger partial charge in [0.1, 0.15) is 11.5 Å². The van der Waals surface area contributed by atoms with Crippen molar-refractivity contribution in [3.05, 3.63) is 114 Å². The number of nitrogens with one attached hydrogen (secondary N) is 1. The maximum Gasteiger partial charge on any atom is 0.251 e. The summed E-state index contributed by atoms with van der Waals surface area (Å²) in [5.41, 5.74) is 3.82. The summed E-state index contributed by atoms with van der Waals surface area (Å²) in [7, 11) is -3.72. The van der Waals surface area contributed by atoms with Gasteiger partial charge in [0.2, 0.25) is 10.0 Å². The molecule has 2 aromatic heterocycles. The van der Waals surface area contributed by atoms with Gasteiger partial charge in [0.15, 0.2) is 6.29 Å². The first-order valence-corrected chi connectivity index (χ1v) is 16.5. The number of fused-ring (bicyclic) bond motifs is 1. The highest BCUT2D eigenvalue weighted by Gasteiger charge is 2.31. The summed E-state index contributed by atoms with van der Waals surface area (Å²) in [6.07, 6.45) is 5.34. The minimum Gasteiger partial charge on any atom is -0.343 e. The molecule has 1 aliphatic carbocycles. The lowest BCUT2D eigenvalue weighted by Gasteiger charge is -2.27. The average Bonchev–Trinajstić information content (AvgIpc) is 3.78. The second-order valence-electron chi connectivity index (χ2n) is 12.1. The van der Waals surface area contributed by atoms with Gasteiger partial charge in [-0.2, -0.15) is 5.10 Å². The third-order valence-corrected chi connectivity index (χ3v) is 9.32. The van der Waals surface area contributed by atoms with Crippen LogP contribution < -0.4 is 9.62 Å². The number of carbonyl (C=O) groups excluding carboxylic acids is 2. The number of benzene rings is 3. The number of aromatic nitrogens is 2. The number of sulfonamides is 1. The van der Waals surface area contributed by atoms with Crippen molar-refractivity contribution in [2.45, 2.75) is 32.2 Å². The molecule has 0 radical (unpaired) electrons. The number of hydrogen-bond acceptors (Lipinski definition) is 5. The molecule has 1 N–H and O–H groups in total. The molecule has 0 atom stereocenters. The van der Waals surface area contributed by atoms with Crippen molar-refractivity contribution in [2.24, 2.45) is 5.92 Å². The molecule has 1 fully saturated rings. The van der Waals surface area contributed by atoms with Crippen molar-refractivity contribution in [3.8, 4) is 22.4 Å². The fourth-order valence-electron chi connectivity index (χ4n) is 5.52. The van der Waals surface area contributed by atoms with Gasteiger partial charge in [0, 0.05) is 23.2 Å². The Labute approximate surface area is 261 Å². The van der Waals surface area contributed by atoms with Gasteiger partial charge >= 0.3 is 0 Å². The van der Waals surface area contributed by atoms with Crippen LogP contribution in [0.1, 0.15) is 53.0 Å². The van der Waals surface area contributed by atoms with Gasteiger partial charge in [-0.15, -0.1) is 0 Å². The van der Waals surface area contributed by atoms with Gasteiger partial charge in [-0.05, 0) is 86.2 Å². The van der Waals surface area contributed by atoms with Crippen LogP contribution in [0.5, 0.6) is 0 Å². The number of amides is 1. The second-order valence-corrected chi connectivity index (χ2v) is 14.0. The van der Waals surface area contributed by atoms with E-state index < -0.39 is 21.4 Å². The van der Waals surface area contributed by atoms with E-state index in [0.717, 1.165) is 18.4 Å². The summed E-state index contributed by atoms with van der Waals surface area (Å²) >= 11 is 0.